The van der Waals surface area contributed by atoms with Gasteiger partial charge in [0.15, 0.2) is 5.78 Å². The van der Waals surface area contributed by atoms with Crippen LogP contribution in [0.2, 0.25) is 0 Å². The van der Waals surface area contributed by atoms with Crippen molar-refractivity contribution in [2.45, 2.75) is 12.5 Å². The highest BCUT2D eigenvalue weighted by atomic mass is 16.5. The van der Waals surface area contributed by atoms with E-state index in [9.17, 15) is 14.4 Å². The molecule has 2 N–H and O–H groups in total. The van der Waals surface area contributed by atoms with Crippen LogP contribution in [-0.4, -0.2) is 53.7 Å². The minimum atomic E-state index is -1.17. The Hall–Kier alpha value is -2.77. The quantitative estimate of drug-likeness (QED) is 0.387. The van der Waals surface area contributed by atoms with Crippen molar-refractivity contribution in [3.63, 3.8) is 0 Å². The number of benzene rings is 1. The van der Waals surface area contributed by atoms with Crippen LogP contribution in [0.5, 0.6) is 5.75 Å². The van der Waals surface area contributed by atoms with Crippen LogP contribution < -0.4 is 4.74 Å². The highest BCUT2D eigenvalue weighted by molar-refractivity contribution is 6.10. The topological polar surface area (TPSA) is 110 Å². The fourth-order valence-electron chi connectivity index (χ4n) is 2.53. The normalized spacial score (nSPS) is 19.7. The molecule has 7 heteroatoms. The van der Waals surface area contributed by atoms with Crippen molar-refractivity contribution >= 4 is 23.6 Å². The highest BCUT2D eigenvalue weighted by Gasteiger charge is 2.34. The van der Waals surface area contributed by atoms with Crippen molar-refractivity contribution in [2.75, 3.05) is 19.8 Å². The maximum absolute atomic E-state index is 12.5. The second-order valence-electron chi connectivity index (χ2n) is 5.63. The van der Waals surface area contributed by atoms with E-state index in [1.807, 2.05) is 0 Å². The van der Waals surface area contributed by atoms with Crippen molar-refractivity contribution in [3.05, 3.63) is 48.1 Å². The van der Waals surface area contributed by atoms with E-state index < -0.39 is 30.4 Å². The SMILES string of the molecule is O=C(O)COC1C=CCC(=O)C1C(=O)C=Cc1cccc(OCCO)c1. The average molecular weight is 360 g/mol. The smallest absolute Gasteiger partial charge is 0.329 e. The van der Waals surface area contributed by atoms with Gasteiger partial charge in [-0.3, -0.25) is 9.59 Å². The van der Waals surface area contributed by atoms with Gasteiger partial charge in [-0.15, -0.1) is 0 Å². The number of carboxylic acids is 1. The van der Waals surface area contributed by atoms with Gasteiger partial charge >= 0.3 is 5.97 Å². The molecule has 1 aromatic rings. The minimum absolute atomic E-state index is 0.104. The summed E-state index contributed by atoms with van der Waals surface area (Å²) in [6.45, 7) is -0.523. The lowest BCUT2D eigenvalue weighted by Crippen LogP contribution is -2.38. The largest absolute Gasteiger partial charge is 0.491 e. The third-order valence-corrected chi connectivity index (χ3v) is 3.68. The van der Waals surface area contributed by atoms with E-state index >= 15 is 0 Å². The molecule has 2 unspecified atom stereocenters. The number of ketones is 2. The van der Waals surface area contributed by atoms with Gasteiger partial charge in [0.2, 0.25) is 0 Å². The molecule has 0 bridgehead atoms. The van der Waals surface area contributed by atoms with Gasteiger partial charge in [0, 0.05) is 6.42 Å². The predicted octanol–water partition coefficient (Wildman–Crippen LogP) is 1.26. The number of hydrogen-bond acceptors (Lipinski definition) is 6. The molecule has 0 heterocycles. The number of carbonyl (C=O) groups is 3. The number of carbonyl (C=O) groups excluding carboxylic acids is 2. The molecular formula is C19H20O7. The maximum atomic E-state index is 12.5. The first-order chi connectivity index (χ1) is 12.5. The number of aliphatic hydroxyl groups excluding tert-OH is 1. The first-order valence-electron chi connectivity index (χ1n) is 8.09. The van der Waals surface area contributed by atoms with Crippen LogP contribution in [0.4, 0.5) is 0 Å². The molecule has 0 radical (unpaired) electrons. The van der Waals surface area contributed by atoms with Crippen LogP contribution in [0, 0.1) is 5.92 Å². The van der Waals surface area contributed by atoms with Gasteiger partial charge < -0.3 is 19.7 Å². The Morgan fingerprint density at radius 2 is 2.12 bits per heavy atom. The van der Waals surface area contributed by atoms with Gasteiger partial charge in [-0.2, -0.15) is 0 Å². The summed E-state index contributed by atoms with van der Waals surface area (Å²) in [5.41, 5.74) is 0.690. The number of ether oxygens (including phenoxy) is 2. The third-order valence-electron chi connectivity index (χ3n) is 3.68. The predicted molar refractivity (Wildman–Crippen MR) is 92.7 cm³/mol. The molecule has 7 nitrogen and oxygen atoms in total. The highest BCUT2D eigenvalue weighted by Crippen LogP contribution is 2.21. The Morgan fingerprint density at radius 3 is 2.85 bits per heavy atom. The van der Waals surface area contributed by atoms with E-state index in [1.54, 1.807) is 42.5 Å². The van der Waals surface area contributed by atoms with Gasteiger partial charge in [0.25, 0.3) is 0 Å². The Kier molecular flexibility index (Phi) is 7.25. The van der Waals surface area contributed by atoms with Gasteiger partial charge in [-0.05, 0) is 23.8 Å². The van der Waals surface area contributed by atoms with E-state index in [4.69, 9.17) is 19.7 Å². The van der Waals surface area contributed by atoms with Crippen LogP contribution in [0.15, 0.2) is 42.5 Å². The summed E-state index contributed by atoms with van der Waals surface area (Å²) in [5.74, 6) is -2.43. The summed E-state index contributed by atoms with van der Waals surface area (Å²) < 4.78 is 10.5. The molecule has 0 amide bonds. The lowest BCUT2D eigenvalue weighted by atomic mass is 9.86. The first kappa shape index (κ1) is 19.6. The second kappa shape index (κ2) is 9.65. The molecule has 2 atom stereocenters. The molecule has 0 saturated carbocycles. The number of allylic oxidation sites excluding steroid dienone is 2. The molecule has 0 aromatic heterocycles. The average Bonchev–Trinajstić information content (AvgIpc) is 2.63. The maximum Gasteiger partial charge on any atom is 0.329 e. The van der Waals surface area contributed by atoms with Crippen LogP contribution in [0.1, 0.15) is 12.0 Å². The molecule has 1 aromatic carbocycles. The molecule has 138 valence electrons. The van der Waals surface area contributed by atoms with Crippen LogP contribution in [0.3, 0.4) is 0 Å². The molecule has 1 aliphatic rings. The Bertz CT molecular complexity index is 720. The summed E-state index contributed by atoms with van der Waals surface area (Å²) in [6, 6.07) is 6.92. The minimum Gasteiger partial charge on any atom is -0.491 e. The van der Waals surface area contributed by atoms with E-state index in [0.29, 0.717) is 11.3 Å². The monoisotopic (exact) mass is 360 g/mol. The van der Waals surface area contributed by atoms with Crippen LogP contribution >= 0.6 is 0 Å². The number of aliphatic hydroxyl groups is 1. The van der Waals surface area contributed by atoms with Crippen molar-refractivity contribution in [1.82, 2.24) is 0 Å². The first-order valence-corrected chi connectivity index (χ1v) is 8.09. The Labute approximate surface area is 150 Å². The number of Topliss-reactive ketones (excluding diaryl/α,β-unsaturated/α-hetero) is 1. The lowest BCUT2D eigenvalue weighted by molar-refractivity contribution is -0.148. The summed E-state index contributed by atoms with van der Waals surface area (Å²) in [6.07, 6.45) is 5.18. The molecular weight excluding hydrogens is 340 g/mol. The zero-order valence-corrected chi connectivity index (χ0v) is 14.0. The van der Waals surface area contributed by atoms with Crippen molar-refractivity contribution in [3.8, 4) is 5.75 Å². The third kappa shape index (κ3) is 5.65. The molecule has 26 heavy (non-hydrogen) atoms. The zero-order chi connectivity index (χ0) is 18.9. The number of rotatable bonds is 9. The number of hydrogen-bond donors (Lipinski definition) is 2. The fraction of sp³-hybridized carbons (Fsp3) is 0.316. The molecule has 0 spiro atoms. The number of aliphatic carboxylic acids is 1. The summed E-state index contributed by atoms with van der Waals surface area (Å²) in [7, 11) is 0. The number of carboxylic acid groups (broad SMARTS) is 1. The molecule has 2 rings (SSSR count). The summed E-state index contributed by atoms with van der Waals surface area (Å²) >= 11 is 0. The zero-order valence-electron chi connectivity index (χ0n) is 14.0. The fourth-order valence-corrected chi connectivity index (χ4v) is 2.53. The van der Waals surface area contributed by atoms with Gasteiger partial charge in [-0.25, -0.2) is 4.79 Å². The summed E-state index contributed by atoms with van der Waals surface area (Å²) in [4.78, 5) is 35.2. The van der Waals surface area contributed by atoms with Crippen molar-refractivity contribution < 1.29 is 34.1 Å². The van der Waals surface area contributed by atoms with Crippen LogP contribution in [-0.2, 0) is 19.1 Å². The molecule has 0 saturated heterocycles. The van der Waals surface area contributed by atoms with E-state index in [0.717, 1.165) is 0 Å². The molecule has 0 aliphatic heterocycles. The van der Waals surface area contributed by atoms with E-state index in [-0.39, 0.29) is 25.4 Å². The van der Waals surface area contributed by atoms with E-state index in [1.165, 1.54) is 6.08 Å². The van der Waals surface area contributed by atoms with Gasteiger partial charge in [0.1, 0.15) is 30.7 Å². The molecule has 0 fully saturated rings. The Balaban J connectivity index is 2.08. The summed E-state index contributed by atoms with van der Waals surface area (Å²) in [5, 5.41) is 17.5. The second-order valence-corrected chi connectivity index (χ2v) is 5.63. The van der Waals surface area contributed by atoms with Crippen molar-refractivity contribution in [1.29, 1.82) is 0 Å². The van der Waals surface area contributed by atoms with E-state index in [2.05, 4.69) is 0 Å². The van der Waals surface area contributed by atoms with Crippen molar-refractivity contribution in [2.24, 2.45) is 5.92 Å². The van der Waals surface area contributed by atoms with Crippen LogP contribution in [0.25, 0.3) is 6.08 Å². The van der Waals surface area contributed by atoms with Gasteiger partial charge in [-0.1, -0.05) is 30.4 Å². The Morgan fingerprint density at radius 1 is 1.31 bits per heavy atom. The van der Waals surface area contributed by atoms with Gasteiger partial charge in [0.05, 0.1) is 12.7 Å². The molecule has 1 aliphatic carbocycles. The standard InChI is InChI=1S/C19H20O7/c20-9-10-25-14-4-1-3-13(11-14)7-8-16(22)19-15(21)5-2-6-17(19)26-12-18(23)24/h1-4,6-8,11,17,19-20H,5,9-10,12H2,(H,23,24). The lowest BCUT2D eigenvalue weighted by Gasteiger charge is -2.24.